The largest absolute Gasteiger partial charge is 0.376 e. The molecule has 4 aromatic rings. The zero-order valence-corrected chi connectivity index (χ0v) is 18.1. The number of rotatable bonds is 5. The fraction of sp³-hybridized carbons (Fsp3) is 0.273. The number of halogens is 1. The maximum Gasteiger partial charge on any atom is 0.262 e. The molecule has 0 bridgehead atoms. The van der Waals surface area contributed by atoms with Gasteiger partial charge >= 0.3 is 0 Å². The highest BCUT2D eigenvalue weighted by molar-refractivity contribution is 7.98. The molecule has 0 aliphatic carbocycles. The van der Waals surface area contributed by atoms with Crippen LogP contribution in [0.15, 0.2) is 57.2 Å². The molecule has 1 fully saturated rings. The summed E-state index contributed by atoms with van der Waals surface area (Å²) in [5.74, 6) is 0.875. The molecule has 2 aromatic carbocycles. The van der Waals surface area contributed by atoms with Gasteiger partial charge in [0.05, 0.1) is 40.2 Å². The molecule has 3 heterocycles. The van der Waals surface area contributed by atoms with Gasteiger partial charge in [0.25, 0.3) is 11.1 Å². The van der Waals surface area contributed by atoms with Crippen molar-refractivity contribution in [3.63, 3.8) is 0 Å². The van der Waals surface area contributed by atoms with Gasteiger partial charge in [0.2, 0.25) is 0 Å². The Bertz CT molecular complexity index is 1400. The molecule has 1 aliphatic heterocycles. The highest BCUT2D eigenvalue weighted by Crippen LogP contribution is 2.23. The predicted molar refractivity (Wildman–Crippen MR) is 122 cm³/mol. The summed E-state index contributed by atoms with van der Waals surface area (Å²) < 4.78 is 7.43. The third-order valence-corrected chi connectivity index (χ3v) is 6.51. The van der Waals surface area contributed by atoms with Gasteiger partial charge in [-0.3, -0.25) is 14.2 Å². The van der Waals surface area contributed by atoms with E-state index in [0.29, 0.717) is 50.1 Å². The van der Waals surface area contributed by atoms with Crippen molar-refractivity contribution < 1.29 is 4.74 Å². The number of nitrogens with one attached hydrogen (secondary N) is 1. The topological polar surface area (TPSA) is 89.9 Å². The summed E-state index contributed by atoms with van der Waals surface area (Å²) in [6, 6.07) is 12.4. The zero-order valence-electron chi connectivity index (χ0n) is 16.5. The second-order valence-electron chi connectivity index (χ2n) is 7.43. The maximum absolute atomic E-state index is 13.2. The first kappa shape index (κ1) is 20.2. The number of H-pyrrole nitrogens is 1. The minimum absolute atomic E-state index is 0.00311. The van der Waals surface area contributed by atoms with Crippen LogP contribution in [0.3, 0.4) is 0 Å². The summed E-state index contributed by atoms with van der Waals surface area (Å²) in [5, 5.41) is 2.10. The van der Waals surface area contributed by atoms with Crippen molar-refractivity contribution in [1.82, 2.24) is 19.5 Å². The molecule has 5 rings (SSSR count). The smallest absolute Gasteiger partial charge is 0.262 e. The quantitative estimate of drug-likeness (QED) is 0.365. The Morgan fingerprint density at radius 1 is 1.13 bits per heavy atom. The molecule has 7 nitrogen and oxygen atoms in total. The molecule has 158 valence electrons. The first-order chi connectivity index (χ1) is 15.1. The van der Waals surface area contributed by atoms with Gasteiger partial charge < -0.3 is 9.72 Å². The summed E-state index contributed by atoms with van der Waals surface area (Å²) in [7, 11) is 0. The lowest BCUT2D eigenvalue weighted by Gasteiger charge is -2.16. The van der Waals surface area contributed by atoms with Crippen LogP contribution in [0, 0.1) is 0 Å². The van der Waals surface area contributed by atoms with Gasteiger partial charge in [-0.25, -0.2) is 9.97 Å². The number of fused-ring (bicyclic) bond motifs is 2. The van der Waals surface area contributed by atoms with Gasteiger partial charge in [0.1, 0.15) is 5.82 Å². The number of hydrogen-bond acceptors (Lipinski definition) is 6. The molecule has 2 aromatic heterocycles. The predicted octanol–water partition coefficient (Wildman–Crippen LogP) is 3.76. The van der Waals surface area contributed by atoms with Gasteiger partial charge in [-0.15, -0.1) is 0 Å². The van der Waals surface area contributed by atoms with Crippen molar-refractivity contribution in [3.8, 4) is 0 Å². The Morgan fingerprint density at radius 3 is 2.81 bits per heavy atom. The normalized spacial score (nSPS) is 16.4. The number of hydrogen-bond donors (Lipinski definition) is 1. The van der Waals surface area contributed by atoms with Gasteiger partial charge in [-0.2, -0.15) is 0 Å². The lowest BCUT2D eigenvalue weighted by Crippen LogP contribution is -2.28. The molecule has 0 radical (unpaired) electrons. The Morgan fingerprint density at radius 2 is 1.97 bits per heavy atom. The van der Waals surface area contributed by atoms with E-state index in [9.17, 15) is 9.59 Å². The molecule has 1 atom stereocenters. The van der Waals surface area contributed by atoms with Crippen molar-refractivity contribution in [2.75, 3.05) is 6.61 Å². The first-order valence-electron chi connectivity index (χ1n) is 10.0. The zero-order chi connectivity index (χ0) is 21.4. The summed E-state index contributed by atoms with van der Waals surface area (Å²) in [4.78, 5) is 37.7. The van der Waals surface area contributed by atoms with E-state index >= 15 is 0 Å². The number of aromatic nitrogens is 4. The van der Waals surface area contributed by atoms with Crippen LogP contribution < -0.4 is 11.1 Å². The number of thioether (sulfide) groups is 1. The summed E-state index contributed by atoms with van der Waals surface area (Å²) in [6.45, 7) is 1.17. The molecule has 1 unspecified atom stereocenters. The number of aromatic amines is 1. The SMILES string of the molecule is O=c1[nH]c(CSc2nc3ccccc3c(=O)n2CC2CCCO2)nc2ccc(Cl)cc12. The number of benzene rings is 2. The third-order valence-electron chi connectivity index (χ3n) is 5.29. The molecular weight excluding hydrogens is 436 g/mol. The van der Waals surface area contributed by atoms with Crippen LogP contribution in [0.1, 0.15) is 18.7 Å². The monoisotopic (exact) mass is 454 g/mol. The van der Waals surface area contributed by atoms with Crippen molar-refractivity contribution >= 4 is 45.2 Å². The molecule has 1 aliphatic rings. The summed E-state index contributed by atoms with van der Waals surface area (Å²) >= 11 is 7.36. The van der Waals surface area contributed by atoms with Crippen molar-refractivity contribution in [1.29, 1.82) is 0 Å². The molecule has 0 amide bonds. The molecule has 0 saturated carbocycles. The lowest BCUT2D eigenvalue weighted by molar-refractivity contribution is 0.0937. The average molecular weight is 455 g/mol. The van der Waals surface area contributed by atoms with Crippen molar-refractivity contribution in [2.45, 2.75) is 36.4 Å². The standard InChI is InChI=1S/C22H19ClN4O3S/c23-13-7-8-18-16(10-13)20(28)26-19(24-18)12-31-22-25-17-6-2-1-5-15(17)21(29)27(22)11-14-4-3-9-30-14/h1-2,5-8,10,14H,3-4,9,11-12H2,(H,24,26,28). The van der Waals surface area contributed by atoms with Gasteiger partial charge in [-0.05, 0) is 43.2 Å². The van der Waals surface area contributed by atoms with E-state index in [0.717, 1.165) is 19.4 Å². The lowest BCUT2D eigenvalue weighted by atomic mass is 10.2. The van der Waals surface area contributed by atoms with Crippen LogP contribution in [-0.4, -0.2) is 32.2 Å². The average Bonchev–Trinajstić information content (AvgIpc) is 3.28. The third kappa shape index (κ3) is 4.11. The van der Waals surface area contributed by atoms with E-state index in [-0.39, 0.29) is 17.2 Å². The van der Waals surface area contributed by atoms with Gasteiger partial charge in [0.15, 0.2) is 5.16 Å². The fourth-order valence-electron chi connectivity index (χ4n) is 3.77. The summed E-state index contributed by atoms with van der Waals surface area (Å²) in [5.41, 5.74) is 0.893. The van der Waals surface area contributed by atoms with Crippen molar-refractivity contribution in [2.24, 2.45) is 0 Å². The number of para-hydroxylation sites is 1. The Balaban J connectivity index is 1.50. The Labute approximate surface area is 186 Å². The van der Waals surface area contributed by atoms with Crippen LogP contribution in [0.5, 0.6) is 0 Å². The maximum atomic E-state index is 13.2. The molecule has 1 N–H and O–H groups in total. The molecule has 0 spiro atoms. The van der Waals surface area contributed by atoms with E-state index in [2.05, 4.69) is 9.97 Å². The summed E-state index contributed by atoms with van der Waals surface area (Å²) in [6.07, 6.45) is 1.92. The molecule has 31 heavy (non-hydrogen) atoms. The van der Waals surface area contributed by atoms with Gasteiger partial charge in [-0.1, -0.05) is 35.5 Å². The Hall–Kier alpha value is -2.68. The second kappa shape index (κ2) is 8.45. The van der Waals surface area contributed by atoms with Crippen LogP contribution in [0.25, 0.3) is 21.8 Å². The highest BCUT2D eigenvalue weighted by atomic mass is 35.5. The molecule has 1 saturated heterocycles. The highest BCUT2D eigenvalue weighted by Gasteiger charge is 2.20. The molecule has 9 heteroatoms. The number of nitrogens with zero attached hydrogens (tertiary/aromatic N) is 3. The van der Waals surface area contributed by atoms with E-state index in [1.54, 1.807) is 28.8 Å². The first-order valence-corrected chi connectivity index (χ1v) is 11.4. The van der Waals surface area contributed by atoms with Crippen LogP contribution in [-0.2, 0) is 17.0 Å². The van der Waals surface area contributed by atoms with E-state index in [1.807, 2.05) is 18.2 Å². The van der Waals surface area contributed by atoms with Crippen LogP contribution >= 0.6 is 23.4 Å². The minimum atomic E-state index is -0.244. The van der Waals surface area contributed by atoms with Crippen LogP contribution in [0.2, 0.25) is 5.02 Å². The molecular formula is C22H19ClN4O3S. The number of ether oxygens (including phenoxy) is 1. The second-order valence-corrected chi connectivity index (χ2v) is 8.80. The van der Waals surface area contributed by atoms with E-state index < -0.39 is 0 Å². The van der Waals surface area contributed by atoms with Crippen molar-refractivity contribution in [3.05, 3.63) is 74.0 Å². The Kier molecular flexibility index (Phi) is 5.52. The minimum Gasteiger partial charge on any atom is -0.376 e. The van der Waals surface area contributed by atoms with Gasteiger partial charge in [0, 0.05) is 11.6 Å². The fourth-order valence-corrected chi connectivity index (χ4v) is 4.82. The van der Waals surface area contributed by atoms with Crippen LogP contribution in [0.4, 0.5) is 0 Å². The van der Waals surface area contributed by atoms with E-state index in [1.165, 1.54) is 11.8 Å². The van der Waals surface area contributed by atoms with E-state index in [4.69, 9.17) is 21.3 Å².